The lowest BCUT2D eigenvalue weighted by Crippen LogP contribution is -2.25. The van der Waals surface area contributed by atoms with Gasteiger partial charge in [-0.25, -0.2) is 0 Å². The van der Waals surface area contributed by atoms with Crippen LogP contribution in [0.2, 0.25) is 0 Å². The Balaban J connectivity index is 0.000000483. The van der Waals surface area contributed by atoms with Crippen LogP contribution in [0.4, 0.5) is 5.69 Å². The normalized spacial score (nSPS) is 16.5. The molecule has 5 rings (SSSR count). The van der Waals surface area contributed by atoms with Crippen LogP contribution in [0.1, 0.15) is 86.1 Å². The first kappa shape index (κ1) is 30.8. The second-order valence-corrected chi connectivity index (χ2v) is 11.6. The topological polar surface area (TPSA) is 68.0 Å². The Labute approximate surface area is 247 Å². The maximum atomic E-state index is 9.89. The van der Waals surface area contributed by atoms with E-state index < -0.39 is 0 Å². The fraction of sp³-hybridized carbons (Fsp3) is 0.500. The van der Waals surface area contributed by atoms with Crippen molar-refractivity contribution in [2.24, 2.45) is 11.7 Å². The highest BCUT2D eigenvalue weighted by atomic mass is 16.5. The van der Waals surface area contributed by atoms with Gasteiger partial charge in [-0.05, 0) is 97.0 Å². The Morgan fingerprint density at radius 1 is 0.854 bits per heavy atom. The third kappa shape index (κ3) is 7.97. The van der Waals surface area contributed by atoms with E-state index in [1.807, 2.05) is 6.07 Å². The zero-order valence-corrected chi connectivity index (χ0v) is 25.6. The molecule has 3 aromatic carbocycles. The molecule has 0 saturated heterocycles. The average Bonchev–Trinajstić information content (AvgIpc) is 3.54. The number of hydrogen-bond acceptors (Lipinski definition) is 5. The summed E-state index contributed by atoms with van der Waals surface area (Å²) >= 11 is 0. The summed E-state index contributed by atoms with van der Waals surface area (Å²) in [6.07, 6.45) is 11.3. The lowest BCUT2D eigenvalue weighted by atomic mass is 9.79. The van der Waals surface area contributed by atoms with Crippen LogP contribution in [0.3, 0.4) is 0 Å². The Morgan fingerprint density at radius 3 is 2.15 bits per heavy atom. The molecule has 0 unspecified atom stereocenters. The van der Waals surface area contributed by atoms with Crippen LogP contribution < -0.4 is 20.1 Å². The minimum atomic E-state index is 0.346. The third-order valence-corrected chi connectivity index (χ3v) is 8.99. The van der Waals surface area contributed by atoms with E-state index in [0.717, 1.165) is 56.2 Å². The number of ether oxygens (including phenoxy) is 2. The van der Waals surface area contributed by atoms with Gasteiger partial charge >= 0.3 is 0 Å². The van der Waals surface area contributed by atoms with Gasteiger partial charge in [0.05, 0.1) is 14.2 Å². The number of rotatable bonds is 10. The number of phenolic OH excluding ortho intramolecular Hbond substituents is 1. The second kappa shape index (κ2) is 15.2. The smallest absolute Gasteiger partial charge is 0.162 e. The predicted octanol–water partition coefficient (Wildman–Crippen LogP) is 7.80. The van der Waals surface area contributed by atoms with Crippen LogP contribution in [0.25, 0.3) is 0 Å². The van der Waals surface area contributed by atoms with Crippen molar-refractivity contribution in [2.45, 2.75) is 84.1 Å². The molecule has 5 nitrogen and oxygen atoms in total. The van der Waals surface area contributed by atoms with Crippen molar-refractivity contribution < 1.29 is 14.6 Å². The van der Waals surface area contributed by atoms with Crippen molar-refractivity contribution in [1.82, 2.24) is 0 Å². The number of aromatic hydroxyl groups is 1. The largest absolute Gasteiger partial charge is 0.508 e. The predicted molar refractivity (Wildman–Crippen MR) is 171 cm³/mol. The van der Waals surface area contributed by atoms with Gasteiger partial charge < -0.3 is 25.2 Å². The zero-order chi connectivity index (χ0) is 29.2. The molecule has 0 bridgehead atoms. The van der Waals surface area contributed by atoms with Gasteiger partial charge in [-0.1, -0.05) is 69.4 Å². The van der Waals surface area contributed by atoms with E-state index in [2.05, 4.69) is 61.2 Å². The fourth-order valence-electron chi connectivity index (χ4n) is 6.48. The van der Waals surface area contributed by atoms with E-state index in [1.54, 1.807) is 20.3 Å². The summed E-state index contributed by atoms with van der Waals surface area (Å²) in [7, 11) is 3.39. The highest BCUT2D eigenvalue weighted by Gasteiger charge is 2.26. The molecule has 0 spiro atoms. The number of methoxy groups -OCH3 is 2. The van der Waals surface area contributed by atoms with E-state index in [-0.39, 0.29) is 0 Å². The number of nitrogens with zero attached hydrogens (tertiary/aromatic N) is 1. The molecule has 3 aromatic rings. The molecule has 2 aliphatic carbocycles. The molecule has 222 valence electrons. The molecule has 0 radical (unpaired) electrons. The van der Waals surface area contributed by atoms with Crippen LogP contribution in [-0.2, 0) is 25.8 Å². The van der Waals surface area contributed by atoms with Crippen molar-refractivity contribution in [3.8, 4) is 17.2 Å². The van der Waals surface area contributed by atoms with Crippen LogP contribution in [0, 0.1) is 5.92 Å². The maximum Gasteiger partial charge on any atom is 0.162 e. The number of hydrogen-bond donors (Lipinski definition) is 2. The number of benzene rings is 3. The van der Waals surface area contributed by atoms with E-state index in [9.17, 15) is 5.11 Å². The van der Waals surface area contributed by atoms with Crippen molar-refractivity contribution in [2.75, 3.05) is 32.2 Å². The Morgan fingerprint density at radius 2 is 1.54 bits per heavy atom. The molecular weight excluding hydrogens is 508 g/mol. The summed E-state index contributed by atoms with van der Waals surface area (Å²) < 4.78 is 11.4. The summed E-state index contributed by atoms with van der Waals surface area (Å²) in [6.45, 7) is 6.86. The van der Waals surface area contributed by atoms with Crippen LogP contribution in [0.15, 0.2) is 54.6 Å². The number of anilines is 1. The zero-order valence-electron chi connectivity index (χ0n) is 25.6. The maximum absolute atomic E-state index is 9.89. The summed E-state index contributed by atoms with van der Waals surface area (Å²) in [4.78, 5) is 2.42. The molecule has 1 fully saturated rings. The van der Waals surface area contributed by atoms with E-state index in [0.29, 0.717) is 18.2 Å². The second-order valence-electron chi connectivity index (χ2n) is 11.6. The first-order valence-corrected chi connectivity index (χ1v) is 15.6. The van der Waals surface area contributed by atoms with Gasteiger partial charge in [0.15, 0.2) is 11.5 Å². The van der Waals surface area contributed by atoms with Gasteiger partial charge in [0.2, 0.25) is 0 Å². The first-order chi connectivity index (χ1) is 20.0. The molecule has 1 atom stereocenters. The molecule has 0 amide bonds. The highest BCUT2D eigenvalue weighted by Crippen LogP contribution is 2.43. The minimum Gasteiger partial charge on any atom is -0.508 e. The highest BCUT2D eigenvalue weighted by molar-refractivity contribution is 5.64. The van der Waals surface area contributed by atoms with Gasteiger partial charge in [0, 0.05) is 24.8 Å². The van der Waals surface area contributed by atoms with Crippen LogP contribution in [-0.4, -0.2) is 32.4 Å². The monoisotopic (exact) mass is 558 g/mol. The van der Waals surface area contributed by atoms with E-state index >= 15 is 0 Å². The summed E-state index contributed by atoms with van der Waals surface area (Å²) in [5, 5.41) is 9.89. The molecule has 0 heterocycles. The molecule has 0 aliphatic heterocycles. The standard InChI is InChI=1S/C29H36N2O3.C7H14/c1-4-31(19-21-7-5-20(6-8-21)13-14-30)27-18-29(34-3)28(33-2)17-26(27)24-10-9-23-16-25(32)12-11-22(23)15-24;1-2-7-5-3-4-6-7/h5-8,11-12,16-18,24,32H,4,9-10,13-15,19,30H2,1-3H3;7H,2-6H2,1H3/t24-;/m1./s1. The molecule has 3 N–H and O–H groups in total. The summed E-state index contributed by atoms with van der Waals surface area (Å²) in [5.74, 6) is 3.32. The summed E-state index contributed by atoms with van der Waals surface area (Å²) in [5.41, 5.74) is 13.3. The SMILES string of the molecule is CCC1CCCC1.CCN(Cc1ccc(CCN)cc1)c1cc(OC)c(OC)cc1[C@@H]1CCc2cc(O)ccc2C1. The van der Waals surface area contributed by atoms with E-state index in [1.165, 1.54) is 65.6 Å². The van der Waals surface area contributed by atoms with Crippen LogP contribution in [0.5, 0.6) is 17.2 Å². The molecule has 0 aromatic heterocycles. The quantitative estimate of drug-likeness (QED) is 0.266. The average molecular weight is 559 g/mol. The molecule has 5 heteroatoms. The summed E-state index contributed by atoms with van der Waals surface area (Å²) in [6, 6.07) is 18.8. The van der Waals surface area contributed by atoms with Gasteiger partial charge in [-0.2, -0.15) is 0 Å². The molecule has 1 saturated carbocycles. The lowest BCUT2D eigenvalue weighted by Gasteiger charge is -2.32. The van der Waals surface area contributed by atoms with E-state index in [4.69, 9.17) is 15.2 Å². The van der Waals surface area contributed by atoms with Crippen molar-refractivity contribution in [3.05, 3.63) is 82.4 Å². The Kier molecular flexibility index (Phi) is 11.4. The van der Waals surface area contributed by atoms with Gasteiger partial charge in [-0.15, -0.1) is 0 Å². The van der Waals surface area contributed by atoms with Gasteiger partial charge in [-0.3, -0.25) is 0 Å². The number of aryl methyl sites for hydroxylation is 1. The number of phenols is 1. The molecule has 2 aliphatic rings. The fourth-order valence-corrected chi connectivity index (χ4v) is 6.48. The van der Waals surface area contributed by atoms with Crippen molar-refractivity contribution in [3.63, 3.8) is 0 Å². The Hall–Kier alpha value is -3.18. The van der Waals surface area contributed by atoms with Crippen LogP contribution >= 0.6 is 0 Å². The third-order valence-electron chi connectivity index (χ3n) is 8.99. The Bertz CT molecular complexity index is 1230. The molecular formula is C36H50N2O3. The van der Waals surface area contributed by atoms with Crippen molar-refractivity contribution >= 4 is 5.69 Å². The minimum absolute atomic E-state index is 0.346. The molecule has 41 heavy (non-hydrogen) atoms. The van der Waals surface area contributed by atoms with Gasteiger partial charge in [0.1, 0.15) is 5.75 Å². The number of nitrogens with two attached hydrogens (primary N) is 1. The lowest BCUT2D eigenvalue weighted by molar-refractivity contribution is 0.354. The first-order valence-electron chi connectivity index (χ1n) is 15.6. The number of fused-ring (bicyclic) bond motifs is 1. The van der Waals surface area contributed by atoms with Crippen molar-refractivity contribution in [1.29, 1.82) is 0 Å². The van der Waals surface area contributed by atoms with Gasteiger partial charge in [0.25, 0.3) is 0 Å².